The highest BCUT2D eigenvalue weighted by atomic mass is 16.4. The number of para-hydroxylation sites is 2. The van der Waals surface area contributed by atoms with Crippen molar-refractivity contribution in [1.29, 1.82) is 0 Å². The van der Waals surface area contributed by atoms with E-state index < -0.39 is 5.97 Å². The zero-order chi connectivity index (χ0) is 22.1. The number of carbonyl (C=O) groups is 1. The third-order valence-corrected chi connectivity index (χ3v) is 6.13. The minimum atomic E-state index is -0.885. The Bertz CT molecular complexity index is 1310. The number of benzene rings is 2. The molecule has 0 aliphatic carbocycles. The third kappa shape index (κ3) is 3.67. The lowest BCUT2D eigenvalue weighted by molar-refractivity contribution is -0.137. The van der Waals surface area contributed by atoms with E-state index in [2.05, 4.69) is 42.8 Å². The molecule has 1 N–H and O–H groups in total. The predicted molar refractivity (Wildman–Crippen MR) is 124 cm³/mol. The van der Waals surface area contributed by atoms with Gasteiger partial charge in [-0.05, 0) is 49.6 Å². The number of carboxylic acids is 1. The summed E-state index contributed by atoms with van der Waals surface area (Å²) in [7, 11) is 0. The first-order valence-corrected chi connectivity index (χ1v) is 10.9. The van der Waals surface area contributed by atoms with Gasteiger partial charge in [0.05, 0.1) is 24.0 Å². The summed E-state index contributed by atoms with van der Waals surface area (Å²) in [6.07, 6.45) is 3.54. The highest BCUT2D eigenvalue weighted by molar-refractivity contribution is 5.87. The fourth-order valence-corrected chi connectivity index (χ4v) is 4.78. The fraction of sp³-hybridized carbons (Fsp3) is 0.360. The summed E-state index contributed by atoms with van der Waals surface area (Å²) in [4.78, 5) is 25.1. The van der Waals surface area contributed by atoms with Crippen LogP contribution in [0.1, 0.15) is 50.3 Å². The first-order valence-electron chi connectivity index (χ1n) is 10.9. The molecule has 162 valence electrons. The van der Waals surface area contributed by atoms with E-state index >= 15 is 0 Å². The molecule has 31 heavy (non-hydrogen) atoms. The molecule has 2 heterocycles. The molecule has 0 saturated heterocycles. The maximum atomic E-state index is 13.6. The van der Waals surface area contributed by atoms with E-state index in [-0.39, 0.29) is 18.2 Å². The van der Waals surface area contributed by atoms with E-state index in [9.17, 15) is 14.7 Å². The molecule has 0 saturated carbocycles. The van der Waals surface area contributed by atoms with E-state index in [4.69, 9.17) is 0 Å². The van der Waals surface area contributed by atoms with Gasteiger partial charge in [0.2, 0.25) is 0 Å². The van der Waals surface area contributed by atoms with Crippen molar-refractivity contribution < 1.29 is 9.90 Å². The first kappa shape index (κ1) is 21.0. The molecule has 4 aromatic rings. The first-order chi connectivity index (χ1) is 15.0. The minimum Gasteiger partial charge on any atom is -0.481 e. The molecule has 0 aliphatic heterocycles. The second-order valence-corrected chi connectivity index (χ2v) is 8.18. The number of aliphatic carboxylic acids is 1. The van der Waals surface area contributed by atoms with Crippen molar-refractivity contribution in [1.82, 2.24) is 13.7 Å². The number of rotatable bonds is 8. The predicted octanol–water partition coefficient (Wildman–Crippen LogP) is 4.95. The van der Waals surface area contributed by atoms with Gasteiger partial charge in [-0.3, -0.25) is 13.9 Å². The van der Waals surface area contributed by atoms with Crippen molar-refractivity contribution in [3.05, 3.63) is 70.3 Å². The van der Waals surface area contributed by atoms with Crippen LogP contribution in [0.4, 0.5) is 0 Å². The van der Waals surface area contributed by atoms with Crippen LogP contribution in [-0.2, 0) is 17.9 Å². The van der Waals surface area contributed by atoms with Crippen molar-refractivity contribution in [2.24, 2.45) is 0 Å². The summed E-state index contributed by atoms with van der Waals surface area (Å²) in [6.45, 7) is 7.54. The highest BCUT2D eigenvalue weighted by Gasteiger charge is 2.23. The number of imidazole rings is 1. The molecule has 6 heteroatoms. The molecular weight excluding hydrogens is 390 g/mol. The number of hydrogen-bond acceptors (Lipinski definition) is 2. The minimum absolute atomic E-state index is 0.0595. The van der Waals surface area contributed by atoms with Gasteiger partial charge in [-0.15, -0.1) is 0 Å². The van der Waals surface area contributed by atoms with Crippen LogP contribution >= 0.6 is 0 Å². The largest absolute Gasteiger partial charge is 0.481 e. The van der Waals surface area contributed by atoms with Gasteiger partial charge < -0.3 is 9.67 Å². The average molecular weight is 420 g/mol. The Hall–Kier alpha value is -3.28. The lowest BCUT2D eigenvalue weighted by Crippen LogP contribution is -2.29. The molecule has 0 fully saturated rings. The lowest BCUT2D eigenvalue weighted by atomic mass is 10.1. The summed E-state index contributed by atoms with van der Waals surface area (Å²) >= 11 is 0. The van der Waals surface area contributed by atoms with E-state index in [1.165, 1.54) is 16.5 Å². The van der Waals surface area contributed by atoms with Crippen LogP contribution in [0.25, 0.3) is 21.9 Å². The Labute approximate surface area is 181 Å². The van der Waals surface area contributed by atoms with Crippen LogP contribution in [0.3, 0.4) is 0 Å². The number of aryl methyl sites for hydroxylation is 2. The monoisotopic (exact) mass is 419 g/mol. The van der Waals surface area contributed by atoms with Gasteiger partial charge in [-0.25, -0.2) is 4.79 Å². The number of carboxylic acid groups (broad SMARTS) is 1. The second kappa shape index (κ2) is 8.46. The molecule has 1 unspecified atom stereocenters. The Balaban J connectivity index is 1.91. The maximum absolute atomic E-state index is 13.6. The lowest BCUT2D eigenvalue weighted by Gasteiger charge is -2.16. The van der Waals surface area contributed by atoms with Gasteiger partial charge >= 0.3 is 11.7 Å². The Kier molecular flexibility index (Phi) is 5.72. The van der Waals surface area contributed by atoms with Gasteiger partial charge in [0.25, 0.3) is 0 Å². The summed E-state index contributed by atoms with van der Waals surface area (Å²) in [5, 5.41) is 10.6. The summed E-state index contributed by atoms with van der Waals surface area (Å²) < 4.78 is 5.70. The normalized spacial score (nSPS) is 12.6. The number of fused-ring (bicyclic) bond motifs is 2. The highest BCUT2D eigenvalue weighted by Crippen LogP contribution is 2.28. The molecule has 2 aromatic carbocycles. The van der Waals surface area contributed by atoms with Crippen molar-refractivity contribution >= 4 is 27.9 Å². The maximum Gasteiger partial charge on any atom is 0.329 e. The molecule has 0 bridgehead atoms. The smallest absolute Gasteiger partial charge is 0.329 e. The summed E-state index contributed by atoms with van der Waals surface area (Å²) in [6, 6.07) is 13.6. The van der Waals surface area contributed by atoms with Crippen molar-refractivity contribution in [2.75, 3.05) is 0 Å². The summed E-state index contributed by atoms with van der Waals surface area (Å²) in [5.41, 5.74) is 4.94. The molecular formula is C25H29N3O3. The van der Waals surface area contributed by atoms with Gasteiger partial charge in [-0.2, -0.15) is 0 Å². The Morgan fingerprint density at radius 2 is 1.74 bits per heavy atom. The third-order valence-electron chi connectivity index (χ3n) is 6.13. The van der Waals surface area contributed by atoms with Crippen LogP contribution in [-0.4, -0.2) is 24.8 Å². The van der Waals surface area contributed by atoms with Gasteiger partial charge in [0.15, 0.2) is 0 Å². The molecule has 0 radical (unpaired) electrons. The molecule has 0 amide bonds. The van der Waals surface area contributed by atoms with Crippen LogP contribution in [0.5, 0.6) is 0 Å². The van der Waals surface area contributed by atoms with E-state index in [1.54, 1.807) is 9.13 Å². The number of nitrogens with zero attached hydrogens (tertiary/aromatic N) is 3. The van der Waals surface area contributed by atoms with Crippen molar-refractivity contribution in [3.63, 3.8) is 0 Å². The average Bonchev–Trinajstić information content (AvgIpc) is 3.24. The van der Waals surface area contributed by atoms with Crippen LogP contribution in [0, 0.1) is 6.92 Å². The topological polar surface area (TPSA) is 69.2 Å². The zero-order valence-corrected chi connectivity index (χ0v) is 18.3. The fourth-order valence-electron chi connectivity index (χ4n) is 4.78. The SMILES string of the molecule is CCCC(CC(=O)O)n1c(=O)n(Cc2cn(CC)c3cccc(C)c23)c2ccccc21. The summed E-state index contributed by atoms with van der Waals surface area (Å²) in [5.74, 6) is -0.885. The van der Waals surface area contributed by atoms with Crippen LogP contribution in [0.2, 0.25) is 0 Å². The molecule has 2 aromatic heterocycles. The standard InChI is InChI=1S/C25H29N3O3/c1-4-9-19(14-23(29)30)28-21-12-7-6-11-20(21)27(25(28)31)16-18-15-26(5-2)22-13-8-10-17(3)24(18)22/h6-8,10-13,15,19H,4-5,9,14,16H2,1-3H3,(H,29,30). The number of hydrogen-bond donors (Lipinski definition) is 1. The van der Waals surface area contributed by atoms with Gasteiger partial charge in [-0.1, -0.05) is 37.6 Å². The Morgan fingerprint density at radius 1 is 1.03 bits per heavy atom. The quantitative estimate of drug-likeness (QED) is 0.439. The number of aromatic nitrogens is 3. The van der Waals surface area contributed by atoms with Gasteiger partial charge in [0, 0.05) is 29.7 Å². The van der Waals surface area contributed by atoms with E-state index in [1.807, 2.05) is 31.2 Å². The van der Waals surface area contributed by atoms with Crippen molar-refractivity contribution in [3.8, 4) is 0 Å². The van der Waals surface area contributed by atoms with Gasteiger partial charge in [0.1, 0.15) is 0 Å². The van der Waals surface area contributed by atoms with Crippen LogP contribution < -0.4 is 5.69 Å². The van der Waals surface area contributed by atoms with E-state index in [0.717, 1.165) is 29.6 Å². The molecule has 0 aliphatic rings. The zero-order valence-electron chi connectivity index (χ0n) is 18.3. The second-order valence-electron chi connectivity index (χ2n) is 8.18. The van der Waals surface area contributed by atoms with Crippen molar-refractivity contribution in [2.45, 2.75) is 59.2 Å². The Morgan fingerprint density at radius 3 is 2.42 bits per heavy atom. The van der Waals surface area contributed by atoms with Crippen LogP contribution in [0.15, 0.2) is 53.5 Å². The molecule has 0 spiro atoms. The van der Waals surface area contributed by atoms with E-state index in [0.29, 0.717) is 13.0 Å². The molecule has 6 nitrogen and oxygen atoms in total. The molecule has 1 atom stereocenters. The molecule has 4 rings (SSSR count).